The molecule has 3 heteroatoms. The van der Waals surface area contributed by atoms with E-state index in [1.807, 2.05) is 6.08 Å². The van der Waals surface area contributed by atoms with Crippen LogP contribution >= 0.6 is 31.9 Å². The summed E-state index contributed by atoms with van der Waals surface area (Å²) < 4.78 is 14.0. The maximum atomic E-state index is 13.1. The Morgan fingerprint density at radius 3 is 2.73 bits per heavy atom. The Hall–Kier alpha value is -0.150. The first-order valence-electron chi connectivity index (χ1n) is 4.64. The number of hydrogen-bond acceptors (Lipinski definition) is 0. The van der Waals surface area contributed by atoms with Crippen molar-refractivity contribution < 1.29 is 4.39 Å². The molecular weight excluding hydrogens is 323 g/mol. The van der Waals surface area contributed by atoms with Gasteiger partial charge in [-0.25, -0.2) is 4.39 Å². The Balaban J connectivity index is 2.97. The van der Waals surface area contributed by atoms with Crippen molar-refractivity contribution in [3.8, 4) is 0 Å². The van der Waals surface area contributed by atoms with Crippen LogP contribution in [0.15, 0.2) is 35.3 Å². The van der Waals surface area contributed by atoms with E-state index in [9.17, 15) is 4.39 Å². The van der Waals surface area contributed by atoms with Crippen LogP contribution < -0.4 is 0 Å². The number of hydrogen-bond donors (Lipinski definition) is 0. The van der Waals surface area contributed by atoms with Crippen LogP contribution in [-0.4, -0.2) is 5.33 Å². The van der Waals surface area contributed by atoms with Gasteiger partial charge in [0.15, 0.2) is 0 Å². The molecule has 1 aromatic rings. The van der Waals surface area contributed by atoms with Crippen molar-refractivity contribution in [1.29, 1.82) is 0 Å². The average Bonchev–Trinajstić information content (AvgIpc) is 2.23. The molecule has 0 aromatic heterocycles. The number of rotatable bonds is 4. The van der Waals surface area contributed by atoms with Gasteiger partial charge in [-0.15, -0.1) is 6.58 Å². The fourth-order valence-corrected chi connectivity index (χ4v) is 2.10. The van der Waals surface area contributed by atoms with Crippen LogP contribution in [0.5, 0.6) is 0 Å². The molecule has 0 nitrogen and oxygen atoms in total. The Morgan fingerprint density at radius 1 is 1.53 bits per heavy atom. The van der Waals surface area contributed by atoms with Crippen molar-refractivity contribution in [2.45, 2.75) is 13.3 Å². The zero-order valence-corrected chi connectivity index (χ0v) is 11.7. The molecule has 0 saturated heterocycles. The minimum absolute atomic E-state index is 0.0453. The molecule has 1 unspecified atom stereocenters. The molecule has 0 spiro atoms. The Bertz CT molecular complexity index is 363. The second-order valence-electron chi connectivity index (χ2n) is 3.90. The minimum Gasteiger partial charge on any atom is -0.207 e. The Morgan fingerprint density at radius 2 is 2.20 bits per heavy atom. The van der Waals surface area contributed by atoms with E-state index in [1.54, 1.807) is 12.1 Å². The first-order chi connectivity index (χ1) is 7.00. The van der Waals surface area contributed by atoms with Crippen LogP contribution in [0.2, 0.25) is 0 Å². The molecule has 0 bridgehead atoms. The lowest BCUT2D eigenvalue weighted by molar-refractivity contribution is 0.490. The summed E-state index contributed by atoms with van der Waals surface area (Å²) >= 11 is 6.88. The third-order valence-electron chi connectivity index (χ3n) is 2.40. The standard InChI is InChI=1S/C12H13Br2F/c1-3-12(2,8-13)7-9-6-10(15)4-5-11(9)14/h3-6H,1,7-8H2,2H3. The van der Waals surface area contributed by atoms with Gasteiger partial charge in [0.25, 0.3) is 0 Å². The molecular formula is C12H13Br2F. The van der Waals surface area contributed by atoms with Crippen LogP contribution in [0.1, 0.15) is 12.5 Å². The number of alkyl halides is 1. The van der Waals surface area contributed by atoms with E-state index in [0.29, 0.717) is 0 Å². The van der Waals surface area contributed by atoms with Gasteiger partial charge in [0.1, 0.15) is 5.82 Å². The zero-order chi connectivity index (χ0) is 11.5. The molecule has 0 radical (unpaired) electrons. The lowest BCUT2D eigenvalue weighted by Gasteiger charge is -2.23. The Labute approximate surface area is 107 Å². The number of halogens is 3. The van der Waals surface area contributed by atoms with E-state index in [2.05, 4.69) is 45.4 Å². The van der Waals surface area contributed by atoms with Crippen molar-refractivity contribution in [1.82, 2.24) is 0 Å². The zero-order valence-electron chi connectivity index (χ0n) is 8.56. The van der Waals surface area contributed by atoms with Crippen molar-refractivity contribution in [2.24, 2.45) is 5.41 Å². The van der Waals surface area contributed by atoms with Gasteiger partial charge < -0.3 is 0 Å². The van der Waals surface area contributed by atoms with Gasteiger partial charge in [-0.3, -0.25) is 0 Å². The molecule has 0 aliphatic rings. The molecule has 1 atom stereocenters. The third kappa shape index (κ3) is 3.42. The monoisotopic (exact) mass is 334 g/mol. The van der Waals surface area contributed by atoms with E-state index in [-0.39, 0.29) is 11.2 Å². The van der Waals surface area contributed by atoms with E-state index in [1.165, 1.54) is 6.07 Å². The molecule has 0 aliphatic heterocycles. The summed E-state index contributed by atoms with van der Waals surface area (Å²) in [6, 6.07) is 4.75. The summed E-state index contributed by atoms with van der Waals surface area (Å²) in [5, 5.41) is 0.812. The summed E-state index contributed by atoms with van der Waals surface area (Å²) in [6.07, 6.45) is 2.67. The van der Waals surface area contributed by atoms with E-state index in [4.69, 9.17) is 0 Å². The molecule has 1 aromatic carbocycles. The second kappa shape index (κ2) is 5.26. The molecule has 0 aliphatic carbocycles. The predicted octanol–water partition coefficient (Wildman–Crippen LogP) is 4.72. The van der Waals surface area contributed by atoms with Crippen molar-refractivity contribution >= 4 is 31.9 Å². The van der Waals surface area contributed by atoms with Crippen LogP contribution in [0.3, 0.4) is 0 Å². The van der Waals surface area contributed by atoms with Gasteiger partial charge >= 0.3 is 0 Å². The van der Waals surface area contributed by atoms with Gasteiger partial charge in [-0.2, -0.15) is 0 Å². The molecule has 15 heavy (non-hydrogen) atoms. The second-order valence-corrected chi connectivity index (χ2v) is 5.32. The van der Waals surface area contributed by atoms with Crippen molar-refractivity contribution in [3.05, 3.63) is 46.7 Å². The predicted molar refractivity (Wildman–Crippen MR) is 69.9 cm³/mol. The average molecular weight is 336 g/mol. The van der Waals surface area contributed by atoms with Crippen LogP contribution in [0.25, 0.3) is 0 Å². The lowest BCUT2D eigenvalue weighted by atomic mass is 9.86. The summed E-state index contributed by atoms with van der Waals surface area (Å²) in [4.78, 5) is 0. The maximum absolute atomic E-state index is 13.1. The van der Waals surface area contributed by atoms with Gasteiger partial charge in [-0.05, 0) is 35.6 Å². The highest BCUT2D eigenvalue weighted by Gasteiger charge is 2.20. The minimum atomic E-state index is -0.200. The van der Waals surface area contributed by atoms with Gasteiger partial charge in [0, 0.05) is 9.80 Å². The Kier molecular flexibility index (Phi) is 4.53. The van der Waals surface area contributed by atoms with Gasteiger partial charge in [0.2, 0.25) is 0 Å². The van der Waals surface area contributed by atoms with Crippen LogP contribution in [-0.2, 0) is 6.42 Å². The van der Waals surface area contributed by atoms with Gasteiger partial charge in [0.05, 0.1) is 0 Å². The van der Waals surface area contributed by atoms with Crippen molar-refractivity contribution in [3.63, 3.8) is 0 Å². The first-order valence-corrected chi connectivity index (χ1v) is 6.56. The maximum Gasteiger partial charge on any atom is 0.123 e. The molecule has 0 heterocycles. The molecule has 0 saturated carbocycles. The summed E-state index contributed by atoms with van der Waals surface area (Å²) in [5.41, 5.74) is 0.924. The fraction of sp³-hybridized carbons (Fsp3) is 0.333. The number of allylic oxidation sites excluding steroid dienone is 1. The SMILES string of the molecule is C=CC(C)(CBr)Cc1cc(F)ccc1Br. The normalized spacial score (nSPS) is 14.7. The quantitative estimate of drug-likeness (QED) is 0.551. The van der Waals surface area contributed by atoms with Crippen LogP contribution in [0.4, 0.5) is 4.39 Å². The highest BCUT2D eigenvalue weighted by Crippen LogP contribution is 2.30. The largest absolute Gasteiger partial charge is 0.207 e. The molecule has 82 valence electrons. The van der Waals surface area contributed by atoms with Crippen LogP contribution in [0, 0.1) is 11.2 Å². The van der Waals surface area contributed by atoms with E-state index >= 15 is 0 Å². The molecule has 0 amide bonds. The highest BCUT2D eigenvalue weighted by atomic mass is 79.9. The number of benzene rings is 1. The summed E-state index contributed by atoms with van der Waals surface area (Å²) in [6.45, 7) is 5.90. The van der Waals surface area contributed by atoms with E-state index < -0.39 is 0 Å². The molecule has 0 N–H and O–H groups in total. The fourth-order valence-electron chi connectivity index (χ4n) is 1.29. The highest BCUT2D eigenvalue weighted by molar-refractivity contribution is 9.10. The molecule has 1 rings (SSSR count). The summed E-state index contributed by atoms with van der Waals surface area (Å²) in [7, 11) is 0. The van der Waals surface area contributed by atoms with Gasteiger partial charge in [-0.1, -0.05) is 44.9 Å². The molecule has 0 fully saturated rings. The summed E-state index contributed by atoms with van der Waals surface area (Å²) in [5.74, 6) is -0.200. The smallest absolute Gasteiger partial charge is 0.123 e. The van der Waals surface area contributed by atoms with E-state index in [0.717, 1.165) is 21.8 Å². The lowest BCUT2D eigenvalue weighted by Crippen LogP contribution is -2.18. The van der Waals surface area contributed by atoms with Crippen molar-refractivity contribution in [2.75, 3.05) is 5.33 Å². The topological polar surface area (TPSA) is 0 Å². The first kappa shape index (κ1) is 12.9. The third-order valence-corrected chi connectivity index (χ3v) is 4.45.